The number of nitrogens with zero attached hydrogens (tertiary/aromatic N) is 1. The summed E-state index contributed by atoms with van der Waals surface area (Å²) in [5.41, 5.74) is 7.95. The van der Waals surface area contributed by atoms with Crippen LogP contribution in [0.5, 0.6) is 0 Å². The monoisotopic (exact) mass is 236 g/mol. The van der Waals surface area contributed by atoms with E-state index < -0.39 is 0 Å². The first-order chi connectivity index (χ1) is 7.97. The van der Waals surface area contributed by atoms with Gasteiger partial charge in [0.15, 0.2) is 0 Å². The highest BCUT2D eigenvalue weighted by atomic mass is 16.6. The topological polar surface area (TPSA) is 69.2 Å². The Bertz CT molecular complexity index is 404. The lowest BCUT2D eigenvalue weighted by atomic mass is 9.90. The molecular weight excluding hydrogens is 216 g/mol. The van der Waals surface area contributed by atoms with E-state index in [1.54, 1.807) is 19.1 Å². The molecular formula is C13H20N2O2. The molecule has 4 heteroatoms. The molecule has 1 aromatic carbocycles. The average molecular weight is 236 g/mol. The second-order valence-corrected chi connectivity index (χ2v) is 4.57. The Labute approximate surface area is 102 Å². The van der Waals surface area contributed by atoms with E-state index >= 15 is 0 Å². The molecule has 0 aliphatic heterocycles. The largest absolute Gasteiger partial charge is 0.327 e. The molecule has 0 fully saturated rings. The van der Waals surface area contributed by atoms with Gasteiger partial charge in [-0.15, -0.1) is 0 Å². The fourth-order valence-electron chi connectivity index (χ4n) is 1.99. The third-order valence-electron chi connectivity index (χ3n) is 3.36. The number of rotatable bonds is 5. The van der Waals surface area contributed by atoms with Gasteiger partial charge in [-0.1, -0.05) is 26.0 Å². The summed E-state index contributed by atoms with van der Waals surface area (Å²) < 4.78 is 0. The molecule has 0 aliphatic carbocycles. The maximum absolute atomic E-state index is 10.8. The SMILES string of the molecule is CCC(N)C(C)Cc1cccc([N+](=O)[O-])c1C. The molecule has 0 heterocycles. The minimum Gasteiger partial charge on any atom is -0.327 e. The van der Waals surface area contributed by atoms with Crippen molar-refractivity contribution in [3.63, 3.8) is 0 Å². The second kappa shape index (κ2) is 5.77. The highest BCUT2D eigenvalue weighted by Gasteiger charge is 2.17. The molecule has 0 saturated heterocycles. The first kappa shape index (κ1) is 13.6. The van der Waals surface area contributed by atoms with Gasteiger partial charge in [-0.3, -0.25) is 10.1 Å². The lowest BCUT2D eigenvalue weighted by Gasteiger charge is -2.19. The van der Waals surface area contributed by atoms with Crippen LogP contribution in [0.3, 0.4) is 0 Å². The van der Waals surface area contributed by atoms with E-state index in [4.69, 9.17) is 5.73 Å². The molecule has 0 radical (unpaired) electrons. The van der Waals surface area contributed by atoms with Gasteiger partial charge in [0, 0.05) is 17.7 Å². The van der Waals surface area contributed by atoms with Crippen molar-refractivity contribution in [1.29, 1.82) is 0 Å². The van der Waals surface area contributed by atoms with Crippen molar-refractivity contribution >= 4 is 5.69 Å². The number of benzene rings is 1. The maximum atomic E-state index is 10.8. The van der Waals surface area contributed by atoms with E-state index in [2.05, 4.69) is 13.8 Å². The smallest absolute Gasteiger partial charge is 0.272 e. The van der Waals surface area contributed by atoms with E-state index in [1.807, 2.05) is 6.07 Å². The zero-order valence-electron chi connectivity index (χ0n) is 10.6. The molecule has 2 unspecified atom stereocenters. The van der Waals surface area contributed by atoms with Gasteiger partial charge in [0.2, 0.25) is 0 Å². The third kappa shape index (κ3) is 3.27. The first-order valence-corrected chi connectivity index (χ1v) is 5.95. The fraction of sp³-hybridized carbons (Fsp3) is 0.538. The summed E-state index contributed by atoms with van der Waals surface area (Å²) in [5, 5.41) is 10.8. The van der Waals surface area contributed by atoms with Crippen LogP contribution in [-0.2, 0) is 6.42 Å². The molecule has 1 rings (SSSR count). The van der Waals surface area contributed by atoms with Crippen LogP contribution >= 0.6 is 0 Å². The van der Waals surface area contributed by atoms with E-state index in [-0.39, 0.29) is 16.7 Å². The van der Waals surface area contributed by atoms with Crippen LogP contribution < -0.4 is 5.73 Å². The minimum absolute atomic E-state index is 0.147. The summed E-state index contributed by atoms with van der Waals surface area (Å²) in [4.78, 5) is 10.5. The molecule has 0 saturated carbocycles. The van der Waals surface area contributed by atoms with Crippen LogP contribution in [-0.4, -0.2) is 11.0 Å². The summed E-state index contributed by atoms with van der Waals surface area (Å²) in [5.74, 6) is 0.334. The molecule has 0 aliphatic rings. The molecule has 4 nitrogen and oxygen atoms in total. The Morgan fingerprint density at radius 1 is 1.47 bits per heavy atom. The van der Waals surface area contributed by atoms with Crippen LogP contribution in [0.25, 0.3) is 0 Å². The number of hydrogen-bond donors (Lipinski definition) is 1. The van der Waals surface area contributed by atoms with Crippen LogP contribution in [0, 0.1) is 23.0 Å². The summed E-state index contributed by atoms with van der Waals surface area (Å²) >= 11 is 0. The second-order valence-electron chi connectivity index (χ2n) is 4.57. The van der Waals surface area contributed by atoms with Crippen molar-refractivity contribution in [2.24, 2.45) is 11.7 Å². The average Bonchev–Trinajstić information content (AvgIpc) is 2.30. The Morgan fingerprint density at radius 2 is 2.12 bits per heavy atom. The predicted molar refractivity (Wildman–Crippen MR) is 69.0 cm³/mol. The zero-order chi connectivity index (χ0) is 13.0. The van der Waals surface area contributed by atoms with Gasteiger partial charge in [0.1, 0.15) is 0 Å². The third-order valence-corrected chi connectivity index (χ3v) is 3.36. The van der Waals surface area contributed by atoms with Crippen molar-refractivity contribution in [3.05, 3.63) is 39.4 Å². The molecule has 2 atom stereocenters. The minimum atomic E-state index is -0.330. The van der Waals surface area contributed by atoms with Crippen molar-refractivity contribution < 1.29 is 4.92 Å². The van der Waals surface area contributed by atoms with Crippen LogP contribution in [0.15, 0.2) is 18.2 Å². The van der Waals surface area contributed by atoms with E-state index in [0.29, 0.717) is 5.92 Å². The molecule has 2 N–H and O–H groups in total. The van der Waals surface area contributed by atoms with Crippen LogP contribution in [0.1, 0.15) is 31.4 Å². The Balaban J connectivity index is 2.92. The van der Waals surface area contributed by atoms with Crippen molar-refractivity contribution in [2.45, 2.75) is 39.7 Å². The zero-order valence-corrected chi connectivity index (χ0v) is 10.6. The number of hydrogen-bond acceptors (Lipinski definition) is 3. The van der Waals surface area contributed by atoms with Crippen LogP contribution in [0.4, 0.5) is 5.69 Å². The number of nitrogens with two attached hydrogens (primary N) is 1. The maximum Gasteiger partial charge on any atom is 0.272 e. The summed E-state index contributed by atoms with van der Waals surface area (Å²) in [6.45, 7) is 5.95. The summed E-state index contributed by atoms with van der Waals surface area (Å²) in [6.07, 6.45) is 1.72. The van der Waals surface area contributed by atoms with E-state index in [1.165, 1.54) is 0 Å². The van der Waals surface area contributed by atoms with Crippen LogP contribution in [0.2, 0.25) is 0 Å². The summed E-state index contributed by atoms with van der Waals surface area (Å²) in [7, 11) is 0. The number of nitro benzene ring substituents is 1. The molecule has 1 aromatic rings. The van der Waals surface area contributed by atoms with Crippen molar-refractivity contribution in [2.75, 3.05) is 0 Å². The molecule has 0 aromatic heterocycles. The van der Waals surface area contributed by atoms with Crippen molar-refractivity contribution in [3.8, 4) is 0 Å². The molecule has 0 spiro atoms. The predicted octanol–water partition coefficient (Wildman–Crippen LogP) is 2.82. The molecule has 94 valence electrons. The normalized spacial score (nSPS) is 14.4. The van der Waals surface area contributed by atoms with Gasteiger partial charge in [-0.25, -0.2) is 0 Å². The van der Waals surface area contributed by atoms with Gasteiger partial charge < -0.3 is 5.73 Å². The lowest BCUT2D eigenvalue weighted by Crippen LogP contribution is -2.28. The Morgan fingerprint density at radius 3 is 2.65 bits per heavy atom. The Kier molecular flexibility index (Phi) is 4.63. The van der Waals surface area contributed by atoms with Gasteiger partial charge in [0.05, 0.1) is 4.92 Å². The molecule has 0 amide bonds. The van der Waals surface area contributed by atoms with Gasteiger partial charge in [-0.05, 0) is 31.2 Å². The highest BCUT2D eigenvalue weighted by molar-refractivity contribution is 5.44. The highest BCUT2D eigenvalue weighted by Crippen LogP contribution is 2.24. The van der Waals surface area contributed by atoms with E-state index in [9.17, 15) is 10.1 Å². The quantitative estimate of drug-likeness (QED) is 0.631. The van der Waals surface area contributed by atoms with Gasteiger partial charge in [-0.2, -0.15) is 0 Å². The van der Waals surface area contributed by atoms with Gasteiger partial charge >= 0.3 is 0 Å². The van der Waals surface area contributed by atoms with E-state index in [0.717, 1.165) is 24.0 Å². The standard InChI is InChI=1S/C13H20N2O2/c1-4-12(14)9(2)8-11-6-5-7-13(10(11)3)15(16)17/h5-7,9,12H,4,8,14H2,1-3H3. The first-order valence-electron chi connectivity index (χ1n) is 5.95. The Hall–Kier alpha value is -1.42. The van der Waals surface area contributed by atoms with Gasteiger partial charge in [0.25, 0.3) is 5.69 Å². The lowest BCUT2D eigenvalue weighted by molar-refractivity contribution is -0.385. The number of nitro groups is 1. The summed E-state index contributed by atoms with van der Waals surface area (Å²) in [6, 6.07) is 5.38. The molecule has 17 heavy (non-hydrogen) atoms. The van der Waals surface area contributed by atoms with Crippen molar-refractivity contribution in [1.82, 2.24) is 0 Å². The fourth-order valence-corrected chi connectivity index (χ4v) is 1.99. The molecule has 0 bridgehead atoms.